The number of benzene rings is 1. The minimum absolute atomic E-state index is 0.0156. The van der Waals surface area contributed by atoms with Gasteiger partial charge in [0.15, 0.2) is 5.78 Å². The van der Waals surface area contributed by atoms with E-state index in [4.69, 9.17) is 9.47 Å². The second kappa shape index (κ2) is 8.47. The summed E-state index contributed by atoms with van der Waals surface area (Å²) >= 11 is 0. The molecular formula is C23H26N2O4. The van der Waals surface area contributed by atoms with Crippen molar-refractivity contribution in [3.05, 3.63) is 65.5 Å². The van der Waals surface area contributed by atoms with E-state index in [1.807, 2.05) is 56.3 Å². The van der Waals surface area contributed by atoms with Crippen LogP contribution < -0.4 is 4.74 Å². The molecule has 29 heavy (non-hydrogen) atoms. The lowest BCUT2D eigenvalue weighted by molar-refractivity contribution is -0.129. The number of piperidine rings is 1. The number of ketones is 1. The van der Waals surface area contributed by atoms with Crippen LogP contribution in [0.25, 0.3) is 6.08 Å². The molecule has 3 rings (SSSR count). The summed E-state index contributed by atoms with van der Waals surface area (Å²) in [6, 6.07) is 12.8. The fourth-order valence-electron chi connectivity index (χ4n) is 3.73. The van der Waals surface area contributed by atoms with Gasteiger partial charge in [0.25, 0.3) is 0 Å². The molecule has 1 aromatic carbocycles. The first-order chi connectivity index (χ1) is 13.9. The quantitative estimate of drug-likeness (QED) is 0.739. The number of nitrogens with zero attached hydrogens (tertiary/aromatic N) is 2. The van der Waals surface area contributed by atoms with Gasteiger partial charge in [-0.3, -0.25) is 14.7 Å². The molecule has 1 aliphatic rings. The molecule has 0 N–H and O–H groups in total. The lowest BCUT2D eigenvalue weighted by Crippen LogP contribution is -2.58. The summed E-state index contributed by atoms with van der Waals surface area (Å²) in [4.78, 5) is 31.8. The molecule has 1 saturated heterocycles. The summed E-state index contributed by atoms with van der Waals surface area (Å²) in [5.41, 5.74) is 1.46. The van der Waals surface area contributed by atoms with E-state index in [0.717, 1.165) is 11.3 Å². The number of ether oxygens (including phenoxy) is 2. The SMILES string of the molecule is COC(=O)N1C/C(=C/c2ccccn2)C(=O)C(C)(C)C1Cc1ccc(OC)cc1. The molecule has 6 nitrogen and oxygen atoms in total. The van der Waals surface area contributed by atoms with Crippen LogP contribution in [0.15, 0.2) is 54.2 Å². The maximum atomic E-state index is 13.3. The van der Waals surface area contributed by atoms with Gasteiger partial charge in [-0.1, -0.05) is 32.0 Å². The van der Waals surface area contributed by atoms with Crippen molar-refractivity contribution >= 4 is 18.0 Å². The molecule has 2 aromatic rings. The Morgan fingerprint density at radius 3 is 2.52 bits per heavy atom. The van der Waals surface area contributed by atoms with Crippen LogP contribution in [0.4, 0.5) is 4.79 Å². The minimum Gasteiger partial charge on any atom is -0.497 e. The molecule has 1 unspecified atom stereocenters. The normalized spacial score (nSPS) is 19.9. The Kier molecular flexibility index (Phi) is 6.01. The number of hydrogen-bond donors (Lipinski definition) is 0. The third-order valence-electron chi connectivity index (χ3n) is 5.43. The van der Waals surface area contributed by atoms with Crippen molar-refractivity contribution < 1.29 is 19.1 Å². The highest BCUT2D eigenvalue weighted by Crippen LogP contribution is 2.37. The highest BCUT2D eigenvalue weighted by molar-refractivity contribution is 6.05. The smallest absolute Gasteiger partial charge is 0.410 e. The summed E-state index contributed by atoms with van der Waals surface area (Å²) in [7, 11) is 2.98. The van der Waals surface area contributed by atoms with Gasteiger partial charge >= 0.3 is 6.09 Å². The van der Waals surface area contributed by atoms with Crippen LogP contribution in [0.3, 0.4) is 0 Å². The maximum Gasteiger partial charge on any atom is 0.410 e. The van der Waals surface area contributed by atoms with Crippen molar-refractivity contribution in [2.75, 3.05) is 20.8 Å². The molecule has 2 heterocycles. The number of methoxy groups -OCH3 is 2. The van der Waals surface area contributed by atoms with Crippen LogP contribution in [0.5, 0.6) is 5.75 Å². The number of pyridine rings is 1. The Balaban J connectivity index is 1.95. The van der Waals surface area contributed by atoms with Crippen molar-refractivity contribution in [2.24, 2.45) is 5.41 Å². The summed E-state index contributed by atoms with van der Waals surface area (Å²) < 4.78 is 10.2. The minimum atomic E-state index is -0.785. The van der Waals surface area contributed by atoms with E-state index in [1.165, 1.54) is 7.11 Å². The van der Waals surface area contributed by atoms with Crippen LogP contribution in [0.2, 0.25) is 0 Å². The first-order valence-electron chi connectivity index (χ1n) is 9.50. The second-order valence-corrected chi connectivity index (χ2v) is 7.64. The van der Waals surface area contributed by atoms with Gasteiger partial charge in [0.1, 0.15) is 5.75 Å². The van der Waals surface area contributed by atoms with Crippen LogP contribution >= 0.6 is 0 Å². The molecule has 0 radical (unpaired) electrons. The fourth-order valence-corrected chi connectivity index (χ4v) is 3.73. The van der Waals surface area contributed by atoms with Crippen LogP contribution in [-0.4, -0.2) is 48.6 Å². The lowest BCUT2D eigenvalue weighted by atomic mass is 9.71. The number of amides is 1. The Hall–Kier alpha value is -3.15. The topological polar surface area (TPSA) is 68.7 Å². The van der Waals surface area contributed by atoms with Crippen molar-refractivity contribution in [3.63, 3.8) is 0 Å². The number of rotatable bonds is 4. The number of carbonyl (C=O) groups excluding carboxylic acids is 2. The molecule has 1 aliphatic heterocycles. The molecule has 1 atom stereocenters. The molecule has 152 valence electrons. The fraction of sp³-hybridized carbons (Fsp3) is 0.348. The monoisotopic (exact) mass is 394 g/mol. The third kappa shape index (κ3) is 4.31. The van der Waals surface area contributed by atoms with Crippen LogP contribution in [-0.2, 0) is 16.0 Å². The van der Waals surface area contributed by atoms with Gasteiger partial charge in [0, 0.05) is 17.2 Å². The molecule has 1 fully saturated rings. The molecule has 0 bridgehead atoms. The third-order valence-corrected chi connectivity index (χ3v) is 5.43. The predicted octanol–water partition coefficient (Wildman–Crippen LogP) is 3.76. The molecule has 6 heteroatoms. The molecule has 0 saturated carbocycles. The standard InChI is InChI=1S/C23H26N2O4/c1-23(2)20(13-16-8-10-19(28-3)11-9-16)25(22(27)29-4)15-17(21(23)26)14-18-7-5-6-12-24-18/h5-12,14,20H,13,15H2,1-4H3/b17-14-. The van der Waals surface area contributed by atoms with Gasteiger partial charge in [-0.25, -0.2) is 4.79 Å². The van der Waals surface area contributed by atoms with E-state index in [0.29, 0.717) is 17.7 Å². The highest BCUT2D eigenvalue weighted by Gasteiger charge is 2.48. The van der Waals surface area contributed by atoms with Crippen LogP contribution in [0, 0.1) is 5.41 Å². The molecule has 1 aromatic heterocycles. The Morgan fingerprint density at radius 1 is 1.21 bits per heavy atom. The zero-order valence-corrected chi connectivity index (χ0v) is 17.2. The lowest BCUT2D eigenvalue weighted by Gasteiger charge is -2.45. The van der Waals surface area contributed by atoms with Gasteiger partial charge in [-0.2, -0.15) is 0 Å². The summed E-state index contributed by atoms with van der Waals surface area (Å²) in [6.45, 7) is 3.95. The largest absolute Gasteiger partial charge is 0.497 e. The maximum absolute atomic E-state index is 13.3. The van der Waals surface area contributed by atoms with Gasteiger partial charge in [-0.15, -0.1) is 0 Å². The first-order valence-corrected chi connectivity index (χ1v) is 9.50. The van der Waals surface area contributed by atoms with Crippen LogP contribution in [0.1, 0.15) is 25.1 Å². The average molecular weight is 394 g/mol. The van der Waals surface area contributed by atoms with E-state index < -0.39 is 11.5 Å². The van der Waals surface area contributed by atoms with E-state index in [2.05, 4.69) is 4.98 Å². The zero-order valence-electron chi connectivity index (χ0n) is 17.2. The Morgan fingerprint density at radius 2 is 1.93 bits per heavy atom. The molecule has 1 amide bonds. The first kappa shape index (κ1) is 20.6. The Bertz CT molecular complexity index is 904. The summed E-state index contributed by atoms with van der Waals surface area (Å²) in [5.74, 6) is 0.778. The summed E-state index contributed by atoms with van der Waals surface area (Å²) in [6.07, 6.45) is 3.52. The van der Waals surface area contributed by atoms with Crippen molar-refractivity contribution in [3.8, 4) is 5.75 Å². The molecular weight excluding hydrogens is 368 g/mol. The van der Waals surface area contributed by atoms with E-state index in [1.54, 1.807) is 24.3 Å². The van der Waals surface area contributed by atoms with Crippen molar-refractivity contribution in [2.45, 2.75) is 26.3 Å². The number of likely N-dealkylation sites (tertiary alicyclic amines) is 1. The number of hydrogen-bond acceptors (Lipinski definition) is 5. The zero-order chi connectivity index (χ0) is 21.0. The average Bonchev–Trinajstić information content (AvgIpc) is 2.74. The van der Waals surface area contributed by atoms with Gasteiger partial charge < -0.3 is 9.47 Å². The van der Waals surface area contributed by atoms with Crippen molar-refractivity contribution in [1.82, 2.24) is 9.88 Å². The van der Waals surface area contributed by atoms with Gasteiger partial charge in [0.2, 0.25) is 0 Å². The van der Waals surface area contributed by atoms with Gasteiger partial charge in [0.05, 0.1) is 32.5 Å². The highest BCUT2D eigenvalue weighted by atomic mass is 16.5. The van der Waals surface area contributed by atoms with Gasteiger partial charge in [-0.05, 0) is 42.3 Å². The predicted molar refractivity (Wildman–Crippen MR) is 111 cm³/mol. The van der Waals surface area contributed by atoms with Crippen molar-refractivity contribution in [1.29, 1.82) is 0 Å². The Labute approximate surface area is 171 Å². The summed E-state index contributed by atoms with van der Waals surface area (Å²) in [5, 5.41) is 0. The van der Waals surface area contributed by atoms with E-state index in [9.17, 15) is 9.59 Å². The molecule has 0 spiro atoms. The second-order valence-electron chi connectivity index (χ2n) is 7.64. The number of Topliss-reactive ketones (excluding diaryl/α,β-unsaturated/α-hetero) is 1. The number of carbonyl (C=O) groups is 2. The van der Waals surface area contributed by atoms with E-state index >= 15 is 0 Å². The molecule has 0 aliphatic carbocycles. The number of aromatic nitrogens is 1. The van der Waals surface area contributed by atoms with E-state index in [-0.39, 0.29) is 18.4 Å².